The van der Waals surface area contributed by atoms with Gasteiger partial charge in [-0.25, -0.2) is 19.5 Å². The van der Waals surface area contributed by atoms with Crippen molar-refractivity contribution >= 4 is 52.0 Å². The van der Waals surface area contributed by atoms with Gasteiger partial charge in [-0.2, -0.15) is 0 Å². The van der Waals surface area contributed by atoms with Crippen LogP contribution in [0.5, 0.6) is 0 Å². The summed E-state index contributed by atoms with van der Waals surface area (Å²) in [5.41, 5.74) is 7.68. The first-order valence-corrected chi connectivity index (χ1v) is 12.0. The molecule has 4 amide bonds. The number of hydrogen-bond donors (Lipinski definition) is 2. The van der Waals surface area contributed by atoms with E-state index in [9.17, 15) is 14.4 Å². The second-order valence-corrected chi connectivity index (χ2v) is 8.99. The number of halogens is 1. The van der Waals surface area contributed by atoms with Gasteiger partial charge in [0.25, 0.3) is 5.91 Å². The first-order chi connectivity index (χ1) is 16.9. The van der Waals surface area contributed by atoms with Crippen LogP contribution >= 0.6 is 11.6 Å². The highest BCUT2D eigenvalue weighted by Gasteiger charge is 2.34. The van der Waals surface area contributed by atoms with E-state index in [2.05, 4.69) is 21.8 Å². The minimum atomic E-state index is -0.770. The van der Waals surface area contributed by atoms with Gasteiger partial charge in [-0.15, -0.1) is 0 Å². The number of piperazine rings is 1. The van der Waals surface area contributed by atoms with Crippen molar-refractivity contribution in [2.45, 2.75) is 25.3 Å². The van der Waals surface area contributed by atoms with Crippen molar-refractivity contribution < 1.29 is 19.1 Å². The quantitative estimate of drug-likeness (QED) is 0.619. The molecule has 3 N–H and O–H groups in total. The molecule has 2 aliphatic heterocycles. The number of likely N-dealkylation sites (tertiary alicyclic amines) is 1. The number of nitrogen functional groups attached to an aromatic ring is 1. The summed E-state index contributed by atoms with van der Waals surface area (Å²) in [6.07, 6.45) is 2.58. The van der Waals surface area contributed by atoms with Gasteiger partial charge >= 0.3 is 12.1 Å². The molecule has 10 nitrogen and oxygen atoms in total. The summed E-state index contributed by atoms with van der Waals surface area (Å²) in [4.78, 5) is 47.4. The molecule has 1 aromatic heterocycles. The topological polar surface area (TPSA) is 121 Å². The molecule has 0 spiro atoms. The third-order valence-electron chi connectivity index (χ3n) is 6.21. The maximum atomic E-state index is 13.0. The number of rotatable bonds is 4. The maximum absolute atomic E-state index is 13.0. The van der Waals surface area contributed by atoms with Gasteiger partial charge < -0.3 is 25.6 Å². The Kier molecular flexibility index (Phi) is 7.60. The molecule has 3 heterocycles. The minimum absolute atomic E-state index is 0.0232. The molecule has 2 saturated heterocycles. The van der Waals surface area contributed by atoms with Gasteiger partial charge in [0.2, 0.25) is 0 Å². The first kappa shape index (κ1) is 24.6. The number of urea groups is 1. The second kappa shape index (κ2) is 10.8. The third-order valence-corrected chi connectivity index (χ3v) is 6.44. The van der Waals surface area contributed by atoms with E-state index in [1.165, 1.54) is 6.08 Å². The number of nitrogens with two attached hydrogens (primary N) is 1. The Balaban J connectivity index is 1.39. The van der Waals surface area contributed by atoms with Crippen LogP contribution in [-0.4, -0.2) is 78.2 Å². The number of ether oxygens (including phenoxy) is 1. The molecule has 0 radical (unpaired) electrons. The standard InChI is InChI=1S/C24H29ClN6O4/c1-2-13-35-24(34)31-8-4-3-5-18(22(31)32)28-23(33)30-11-9-29(10-12-30)20-15-21(26)27-19-14-16(25)6-7-17(19)20/h2,6-7,14-15,18H,1,3-5,8-13H2,(H2,26,27)(H,28,33)/t18-/m0/s1. The molecular weight excluding hydrogens is 472 g/mol. The summed E-state index contributed by atoms with van der Waals surface area (Å²) in [6, 6.07) is 6.25. The SMILES string of the molecule is C=CCOC(=O)N1CCCC[C@H](NC(=O)N2CCN(c3cc(N)nc4cc(Cl)ccc34)CC2)C1=O. The molecule has 0 aliphatic carbocycles. The summed E-state index contributed by atoms with van der Waals surface area (Å²) in [5, 5.41) is 4.35. The highest BCUT2D eigenvalue weighted by atomic mass is 35.5. The van der Waals surface area contributed by atoms with E-state index in [1.54, 1.807) is 11.0 Å². The van der Waals surface area contributed by atoms with Crippen molar-refractivity contribution in [3.05, 3.63) is 41.9 Å². The Hall–Kier alpha value is -3.53. The average Bonchev–Trinajstić information content (AvgIpc) is 3.03. The number of fused-ring (bicyclic) bond motifs is 1. The van der Waals surface area contributed by atoms with Crippen LogP contribution in [-0.2, 0) is 9.53 Å². The first-order valence-electron chi connectivity index (χ1n) is 11.6. The zero-order chi connectivity index (χ0) is 24.9. The molecule has 1 atom stereocenters. The van der Waals surface area contributed by atoms with E-state index >= 15 is 0 Å². The summed E-state index contributed by atoms with van der Waals surface area (Å²) in [7, 11) is 0. The van der Waals surface area contributed by atoms with E-state index in [0.29, 0.717) is 49.9 Å². The molecule has 2 fully saturated rings. The van der Waals surface area contributed by atoms with Gasteiger partial charge in [-0.05, 0) is 37.5 Å². The molecule has 1 aromatic carbocycles. The monoisotopic (exact) mass is 500 g/mol. The van der Waals surface area contributed by atoms with Gasteiger partial charge in [-0.1, -0.05) is 24.3 Å². The van der Waals surface area contributed by atoms with Crippen LogP contribution in [0, 0.1) is 0 Å². The van der Waals surface area contributed by atoms with Crippen LogP contribution in [0.3, 0.4) is 0 Å². The van der Waals surface area contributed by atoms with Crippen LogP contribution in [0.15, 0.2) is 36.9 Å². The summed E-state index contributed by atoms with van der Waals surface area (Å²) in [5.74, 6) is -0.0427. The van der Waals surface area contributed by atoms with E-state index in [4.69, 9.17) is 22.1 Å². The minimum Gasteiger partial charge on any atom is -0.445 e. The van der Waals surface area contributed by atoms with Crippen LogP contribution in [0.4, 0.5) is 21.1 Å². The highest BCUT2D eigenvalue weighted by Crippen LogP contribution is 2.30. The zero-order valence-corrected chi connectivity index (χ0v) is 20.2. The lowest BCUT2D eigenvalue weighted by Crippen LogP contribution is -2.56. The van der Waals surface area contributed by atoms with Crippen molar-refractivity contribution in [1.29, 1.82) is 0 Å². The number of pyridine rings is 1. The Morgan fingerprint density at radius 1 is 1.20 bits per heavy atom. The number of nitrogens with zero attached hydrogens (tertiary/aromatic N) is 4. The lowest BCUT2D eigenvalue weighted by molar-refractivity contribution is -0.130. The Labute approximate surface area is 208 Å². The second-order valence-electron chi connectivity index (χ2n) is 8.56. The number of imide groups is 1. The fourth-order valence-corrected chi connectivity index (χ4v) is 4.59. The van der Waals surface area contributed by atoms with Crippen LogP contribution in [0.1, 0.15) is 19.3 Å². The van der Waals surface area contributed by atoms with Gasteiger partial charge in [0.1, 0.15) is 18.5 Å². The lowest BCUT2D eigenvalue weighted by atomic mass is 10.1. The molecule has 0 saturated carbocycles. The maximum Gasteiger partial charge on any atom is 0.416 e. The number of carbonyl (C=O) groups excluding carboxylic acids is 3. The Morgan fingerprint density at radius 2 is 1.97 bits per heavy atom. The third kappa shape index (κ3) is 5.59. The number of carbonyl (C=O) groups is 3. The molecule has 35 heavy (non-hydrogen) atoms. The summed E-state index contributed by atoms with van der Waals surface area (Å²) < 4.78 is 5.02. The van der Waals surface area contributed by atoms with Crippen LogP contribution in [0.2, 0.25) is 5.02 Å². The summed E-state index contributed by atoms with van der Waals surface area (Å²) >= 11 is 6.11. The molecule has 186 valence electrons. The number of nitrogens with one attached hydrogen (secondary N) is 1. The van der Waals surface area contributed by atoms with E-state index < -0.39 is 18.0 Å². The van der Waals surface area contributed by atoms with E-state index in [-0.39, 0.29) is 19.2 Å². The number of aromatic nitrogens is 1. The number of anilines is 2. The van der Waals surface area contributed by atoms with Gasteiger partial charge in [-0.3, -0.25) is 4.79 Å². The van der Waals surface area contributed by atoms with Crippen molar-refractivity contribution in [2.75, 3.05) is 50.0 Å². The molecule has 2 aliphatic rings. The fraction of sp³-hybridized carbons (Fsp3) is 0.417. The molecule has 0 bridgehead atoms. The van der Waals surface area contributed by atoms with Crippen molar-refractivity contribution in [1.82, 2.24) is 20.1 Å². The molecule has 0 unspecified atom stereocenters. The van der Waals surface area contributed by atoms with Crippen LogP contribution < -0.4 is 16.0 Å². The van der Waals surface area contributed by atoms with E-state index in [0.717, 1.165) is 27.9 Å². The Morgan fingerprint density at radius 3 is 2.71 bits per heavy atom. The summed E-state index contributed by atoms with van der Waals surface area (Å²) in [6.45, 7) is 5.92. The lowest BCUT2D eigenvalue weighted by Gasteiger charge is -2.37. The predicted molar refractivity (Wildman–Crippen MR) is 134 cm³/mol. The normalized spacial score (nSPS) is 18.8. The Bertz CT molecular complexity index is 1130. The van der Waals surface area contributed by atoms with Crippen LogP contribution in [0.25, 0.3) is 10.9 Å². The molecule has 2 aromatic rings. The molecule has 11 heteroatoms. The number of hydrogen-bond acceptors (Lipinski definition) is 7. The average molecular weight is 501 g/mol. The van der Waals surface area contributed by atoms with Gasteiger partial charge in [0, 0.05) is 54.9 Å². The van der Waals surface area contributed by atoms with E-state index in [1.807, 2.05) is 18.2 Å². The van der Waals surface area contributed by atoms with Crippen molar-refractivity contribution in [2.24, 2.45) is 0 Å². The predicted octanol–water partition coefficient (Wildman–Crippen LogP) is 3.01. The number of benzene rings is 1. The number of amides is 4. The largest absolute Gasteiger partial charge is 0.445 e. The van der Waals surface area contributed by atoms with Gasteiger partial charge in [0.05, 0.1) is 5.52 Å². The molecule has 4 rings (SSSR count). The van der Waals surface area contributed by atoms with Crippen molar-refractivity contribution in [3.8, 4) is 0 Å². The highest BCUT2D eigenvalue weighted by molar-refractivity contribution is 6.31. The smallest absolute Gasteiger partial charge is 0.416 e. The van der Waals surface area contributed by atoms with Crippen molar-refractivity contribution in [3.63, 3.8) is 0 Å². The van der Waals surface area contributed by atoms with Gasteiger partial charge in [0.15, 0.2) is 0 Å². The fourth-order valence-electron chi connectivity index (χ4n) is 4.42. The zero-order valence-electron chi connectivity index (χ0n) is 19.4. The molecular formula is C24H29ClN6O4.